The van der Waals surface area contributed by atoms with E-state index in [2.05, 4.69) is 9.82 Å². The summed E-state index contributed by atoms with van der Waals surface area (Å²) in [5.74, 6) is 0. The number of hydroxylamine groups is 2. The number of aliphatic hydroxyl groups is 1. The van der Waals surface area contributed by atoms with Crippen LogP contribution in [0.3, 0.4) is 0 Å². The molecule has 0 spiro atoms. The number of hydrogen-bond donors (Lipinski definition) is 3. The molecule has 0 radical (unpaired) electrons. The zero-order valence-electron chi connectivity index (χ0n) is 9.63. The molecule has 98 valence electrons. The molecule has 0 aliphatic carbocycles. The number of carbonyl (C=O) groups is 1. The fourth-order valence-electron chi connectivity index (χ4n) is 2.05. The zero-order chi connectivity index (χ0) is 13.2. The average molecular weight is 254 g/mol. The maximum atomic E-state index is 11.0. The zero-order valence-corrected chi connectivity index (χ0v) is 9.63. The van der Waals surface area contributed by atoms with E-state index in [9.17, 15) is 14.7 Å². The summed E-state index contributed by atoms with van der Waals surface area (Å²) in [7, 11) is 0. The number of nitrogens with one attached hydrogen (secondary N) is 1. The molecular formula is C11H14N2O5. The number of aromatic nitrogens is 1. The lowest BCUT2D eigenvalue weighted by molar-refractivity contribution is -0.163. The topological polar surface area (TPSA) is 103 Å². The van der Waals surface area contributed by atoms with Crippen LogP contribution in [0.4, 0.5) is 4.79 Å². The molecule has 2 rings (SSSR count). The molecule has 0 bridgehead atoms. The van der Waals surface area contributed by atoms with Crippen molar-refractivity contribution in [3.63, 3.8) is 0 Å². The van der Waals surface area contributed by atoms with Crippen LogP contribution >= 0.6 is 0 Å². The highest BCUT2D eigenvalue weighted by Crippen LogP contribution is 2.31. The molecule has 3 N–H and O–H groups in total. The highest BCUT2D eigenvalue weighted by atomic mass is 16.8. The Bertz CT molecular complexity index is 470. The van der Waals surface area contributed by atoms with Crippen LogP contribution in [-0.2, 0) is 10.4 Å². The van der Waals surface area contributed by atoms with Crippen molar-refractivity contribution in [1.29, 1.82) is 0 Å². The van der Waals surface area contributed by atoms with Crippen LogP contribution in [0.1, 0.15) is 18.4 Å². The van der Waals surface area contributed by atoms with Gasteiger partial charge in [0.25, 0.3) is 0 Å². The fraction of sp³-hybridized carbons (Fsp3) is 0.455. The molecule has 1 fully saturated rings. The van der Waals surface area contributed by atoms with Gasteiger partial charge in [-0.3, -0.25) is 4.79 Å². The molecule has 1 saturated heterocycles. The lowest BCUT2D eigenvalue weighted by Crippen LogP contribution is -2.43. The summed E-state index contributed by atoms with van der Waals surface area (Å²) in [5.41, 5.74) is -0.659. The van der Waals surface area contributed by atoms with Gasteiger partial charge in [0, 0.05) is 25.4 Å². The Kier molecular flexibility index (Phi) is 3.35. The van der Waals surface area contributed by atoms with Crippen molar-refractivity contribution in [3.8, 4) is 0 Å². The Labute approximate surface area is 103 Å². The predicted molar refractivity (Wildman–Crippen MR) is 60.9 cm³/mol. The van der Waals surface area contributed by atoms with Gasteiger partial charge in [-0.2, -0.15) is 0 Å². The Balaban J connectivity index is 2.04. The third-order valence-electron chi connectivity index (χ3n) is 3.08. The normalized spacial score (nSPS) is 19.4. The third-order valence-corrected chi connectivity index (χ3v) is 3.08. The number of rotatable bonds is 2. The van der Waals surface area contributed by atoms with Gasteiger partial charge in [-0.15, -0.1) is 5.06 Å². The number of hydrogen-bond acceptors (Lipinski definition) is 5. The summed E-state index contributed by atoms with van der Waals surface area (Å²) in [4.78, 5) is 28.4. The standard InChI is InChI=1S/C11H14N2O5/c14-9-2-1-8(7-12-9)11(17)3-5-13(6-4-11)18-10(15)16/h1-2,7,17H,3-6H2,(H,12,14)(H,15,16). The van der Waals surface area contributed by atoms with Gasteiger partial charge >= 0.3 is 6.16 Å². The molecule has 2 heterocycles. The average Bonchev–Trinajstić information content (AvgIpc) is 2.32. The number of H-pyrrole nitrogens is 1. The van der Waals surface area contributed by atoms with Crippen LogP contribution in [-0.4, -0.2) is 39.5 Å². The van der Waals surface area contributed by atoms with Crippen molar-refractivity contribution in [2.45, 2.75) is 18.4 Å². The summed E-state index contributed by atoms with van der Waals surface area (Å²) < 4.78 is 0. The molecule has 1 aromatic rings. The summed E-state index contributed by atoms with van der Waals surface area (Å²) in [5, 5.41) is 20.2. The first kappa shape index (κ1) is 12.6. The van der Waals surface area contributed by atoms with Gasteiger partial charge in [-0.25, -0.2) is 4.79 Å². The molecule has 1 aliphatic heterocycles. The van der Waals surface area contributed by atoms with E-state index in [1.165, 1.54) is 17.3 Å². The van der Waals surface area contributed by atoms with Gasteiger partial charge in [-0.05, 0) is 24.5 Å². The second-order valence-electron chi connectivity index (χ2n) is 4.26. The molecule has 7 nitrogen and oxygen atoms in total. The van der Waals surface area contributed by atoms with Crippen LogP contribution in [0.2, 0.25) is 0 Å². The molecular weight excluding hydrogens is 240 g/mol. The van der Waals surface area contributed by atoms with Crippen molar-refractivity contribution in [1.82, 2.24) is 10.0 Å². The minimum atomic E-state index is -1.36. The molecule has 1 aromatic heterocycles. The Hall–Kier alpha value is -1.86. The molecule has 0 aromatic carbocycles. The predicted octanol–water partition coefficient (Wildman–Crippen LogP) is 0.268. The number of piperidine rings is 1. The smallest absolute Gasteiger partial charge is 0.448 e. The highest BCUT2D eigenvalue weighted by molar-refractivity contribution is 5.56. The van der Waals surface area contributed by atoms with E-state index in [0.29, 0.717) is 31.5 Å². The van der Waals surface area contributed by atoms with E-state index in [-0.39, 0.29) is 5.56 Å². The number of pyridine rings is 1. The van der Waals surface area contributed by atoms with Gasteiger partial charge in [0.15, 0.2) is 0 Å². The van der Waals surface area contributed by atoms with Crippen LogP contribution in [0.15, 0.2) is 23.1 Å². The lowest BCUT2D eigenvalue weighted by atomic mass is 9.86. The summed E-state index contributed by atoms with van der Waals surface area (Å²) in [6.07, 6.45) is 0.804. The fourth-order valence-corrected chi connectivity index (χ4v) is 2.05. The molecule has 0 saturated carbocycles. The van der Waals surface area contributed by atoms with Crippen LogP contribution in [0.5, 0.6) is 0 Å². The van der Waals surface area contributed by atoms with Gasteiger partial charge in [0.1, 0.15) is 0 Å². The van der Waals surface area contributed by atoms with Crippen molar-refractivity contribution in [2.75, 3.05) is 13.1 Å². The van der Waals surface area contributed by atoms with Gasteiger partial charge in [0.05, 0.1) is 5.60 Å². The van der Waals surface area contributed by atoms with E-state index in [1.807, 2.05) is 0 Å². The van der Waals surface area contributed by atoms with E-state index in [4.69, 9.17) is 5.11 Å². The first-order chi connectivity index (χ1) is 8.49. The van der Waals surface area contributed by atoms with E-state index >= 15 is 0 Å². The summed E-state index contributed by atoms with van der Waals surface area (Å²) in [6, 6.07) is 2.93. The van der Waals surface area contributed by atoms with E-state index in [0.717, 1.165) is 0 Å². The Morgan fingerprint density at radius 3 is 2.56 bits per heavy atom. The molecule has 1 aliphatic rings. The molecule has 0 unspecified atom stereocenters. The van der Waals surface area contributed by atoms with Crippen molar-refractivity contribution < 1.29 is 19.8 Å². The van der Waals surface area contributed by atoms with Crippen LogP contribution < -0.4 is 5.56 Å². The van der Waals surface area contributed by atoms with E-state index in [1.54, 1.807) is 6.07 Å². The SMILES string of the molecule is O=C(O)ON1CCC(O)(c2ccc(=O)[nH]c2)CC1. The second-order valence-corrected chi connectivity index (χ2v) is 4.26. The Morgan fingerprint density at radius 2 is 2.06 bits per heavy atom. The van der Waals surface area contributed by atoms with Crippen molar-refractivity contribution in [3.05, 3.63) is 34.2 Å². The monoisotopic (exact) mass is 254 g/mol. The number of carboxylic acid groups (broad SMARTS) is 1. The minimum Gasteiger partial charge on any atom is -0.448 e. The van der Waals surface area contributed by atoms with Gasteiger partial charge < -0.3 is 20.0 Å². The van der Waals surface area contributed by atoms with Crippen molar-refractivity contribution >= 4 is 6.16 Å². The second kappa shape index (κ2) is 4.79. The maximum Gasteiger partial charge on any atom is 0.525 e. The van der Waals surface area contributed by atoms with Gasteiger partial charge in [-0.1, -0.05) is 0 Å². The van der Waals surface area contributed by atoms with Crippen molar-refractivity contribution in [2.24, 2.45) is 0 Å². The van der Waals surface area contributed by atoms with E-state index < -0.39 is 11.8 Å². The number of aromatic amines is 1. The minimum absolute atomic E-state index is 0.228. The van der Waals surface area contributed by atoms with Crippen LogP contribution in [0.25, 0.3) is 0 Å². The molecule has 0 atom stereocenters. The summed E-state index contributed by atoms with van der Waals surface area (Å²) >= 11 is 0. The maximum absolute atomic E-state index is 11.0. The largest absolute Gasteiger partial charge is 0.525 e. The highest BCUT2D eigenvalue weighted by Gasteiger charge is 2.35. The molecule has 18 heavy (non-hydrogen) atoms. The Morgan fingerprint density at radius 1 is 1.39 bits per heavy atom. The van der Waals surface area contributed by atoms with Crippen LogP contribution in [0, 0.1) is 0 Å². The first-order valence-electron chi connectivity index (χ1n) is 5.57. The number of nitrogens with zero attached hydrogens (tertiary/aromatic N) is 1. The summed E-state index contributed by atoms with van der Waals surface area (Å²) in [6.45, 7) is 0.615. The molecule has 7 heteroatoms. The quantitative estimate of drug-likeness (QED) is 0.700. The third kappa shape index (κ3) is 2.69. The lowest BCUT2D eigenvalue weighted by Gasteiger charge is -2.36. The first-order valence-corrected chi connectivity index (χ1v) is 5.57. The molecule has 0 amide bonds. The van der Waals surface area contributed by atoms with Gasteiger partial charge in [0.2, 0.25) is 5.56 Å².